The number of nitrogens with zero attached hydrogens (tertiary/aromatic N) is 1. The highest BCUT2D eigenvalue weighted by molar-refractivity contribution is 4.86. The van der Waals surface area contributed by atoms with Crippen molar-refractivity contribution in [2.24, 2.45) is 11.8 Å². The van der Waals surface area contributed by atoms with Gasteiger partial charge in [0.1, 0.15) is 0 Å². The van der Waals surface area contributed by atoms with Crippen LogP contribution in [0.4, 0.5) is 0 Å². The normalized spacial score (nSPS) is 45.8. The van der Waals surface area contributed by atoms with Gasteiger partial charge in [0.25, 0.3) is 0 Å². The standard InChI is InChI=1S/C10H19N/c1-8-5-9-3-4-11(2)10(6-8)7-9/h8-10H,3-7H2,1-2H3. The molecule has 3 unspecified atom stereocenters. The molecule has 0 amide bonds. The van der Waals surface area contributed by atoms with Crippen LogP contribution in [0.25, 0.3) is 0 Å². The van der Waals surface area contributed by atoms with E-state index in [4.69, 9.17) is 0 Å². The maximum Gasteiger partial charge on any atom is 0.00973 e. The van der Waals surface area contributed by atoms with Crippen molar-refractivity contribution in [3.63, 3.8) is 0 Å². The molecule has 11 heavy (non-hydrogen) atoms. The molecule has 1 heterocycles. The van der Waals surface area contributed by atoms with Crippen LogP contribution in [-0.2, 0) is 0 Å². The summed E-state index contributed by atoms with van der Waals surface area (Å²) in [6, 6.07) is 0.928. The van der Waals surface area contributed by atoms with Gasteiger partial charge in [0.2, 0.25) is 0 Å². The Hall–Kier alpha value is -0.0400. The summed E-state index contributed by atoms with van der Waals surface area (Å²) in [4.78, 5) is 2.56. The van der Waals surface area contributed by atoms with Crippen molar-refractivity contribution >= 4 is 0 Å². The molecule has 2 aliphatic rings. The summed E-state index contributed by atoms with van der Waals surface area (Å²) in [5, 5.41) is 0. The van der Waals surface area contributed by atoms with Crippen LogP contribution in [0, 0.1) is 11.8 Å². The fraction of sp³-hybridized carbons (Fsp3) is 1.00. The maximum absolute atomic E-state index is 2.56. The molecule has 2 fully saturated rings. The minimum atomic E-state index is 0.928. The molecule has 3 atom stereocenters. The molecule has 0 aromatic carbocycles. The third-order valence-corrected chi connectivity index (χ3v) is 3.53. The quantitative estimate of drug-likeness (QED) is 0.515. The summed E-state index contributed by atoms with van der Waals surface area (Å²) in [5.74, 6) is 2.06. The predicted octanol–water partition coefficient (Wildman–Crippen LogP) is 2.13. The van der Waals surface area contributed by atoms with Gasteiger partial charge in [0, 0.05) is 6.04 Å². The highest BCUT2D eigenvalue weighted by atomic mass is 15.1. The number of piperidine rings is 1. The van der Waals surface area contributed by atoms with Gasteiger partial charge in [-0.05, 0) is 51.1 Å². The fourth-order valence-electron chi connectivity index (χ4n) is 2.87. The second-order valence-corrected chi connectivity index (χ2v) is 4.60. The van der Waals surface area contributed by atoms with E-state index in [9.17, 15) is 0 Å². The van der Waals surface area contributed by atoms with Gasteiger partial charge in [-0.2, -0.15) is 0 Å². The molecule has 0 aromatic heterocycles. The first-order valence-corrected chi connectivity index (χ1v) is 4.96. The Morgan fingerprint density at radius 1 is 1.18 bits per heavy atom. The van der Waals surface area contributed by atoms with E-state index in [2.05, 4.69) is 18.9 Å². The first kappa shape index (κ1) is 7.60. The zero-order chi connectivity index (χ0) is 7.84. The van der Waals surface area contributed by atoms with Crippen LogP contribution >= 0.6 is 0 Å². The lowest BCUT2D eigenvalue weighted by Crippen LogP contribution is -2.44. The average Bonchev–Trinajstić information content (AvgIpc) is 1.97. The van der Waals surface area contributed by atoms with Crippen LogP contribution in [0.15, 0.2) is 0 Å². The van der Waals surface area contributed by atoms with Crippen molar-refractivity contribution in [2.75, 3.05) is 13.6 Å². The Kier molecular flexibility index (Phi) is 1.92. The maximum atomic E-state index is 2.56. The monoisotopic (exact) mass is 153 g/mol. The Morgan fingerprint density at radius 3 is 2.82 bits per heavy atom. The van der Waals surface area contributed by atoms with Crippen LogP contribution in [0.1, 0.15) is 32.6 Å². The lowest BCUT2D eigenvalue weighted by Gasteiger charge is -2.43. The first-order chi connectivity index (χ1) is 5.25. The molecule has 0 spiro atoms. The number of fused-ring (bicyclic) bond motifs is 2. The largest absolute Gasteiger partial charge is 0.303 e. The van der Waals surface area contributed by atoms with Gasteiger partial charge in [0.05, 0.1) is 0 Å². The van der Waals surface area contributed by atoms with E-state index in [1.807, 2.05) is 0 Å². The summed E-state index contributed by atoms with van der Waals surface area (Å²) in [6.07, 6.45) is 5.90. The third kappa shape index (κ3) is 1.44. The molecule has 1 heteroatoms. The Balaban J connectivity index is 2.02. The lowest BCUT2D eigenvalue weighted by atomic mass is 9.75. The highest BCUT2D eigenvalue weighted by Crippen LogP contribution is 2.36. The molecule has 1 saturated carbocycles. The molecule has 0 aromatic rings. The molecule has 1 aliphatic heterocycles. The topological polar surface area (TPSA) is 3.24 Å². The van der Waals surface area contributed by atoms with E-state index in [-0.39, 0.29) is 0 Å². The predicted molar refractivity (Wildman–Crippen MR) is 47.5 cm³/mol. The third-order valence-electron chi connectivity index (χ3n) is 3.53. The molecule has 0 N–H and O–H groups in total. The summed E-state index contributed by atoms with van der Waals surface area (Å²) >= 11 is 0. The number of hydrogen-bond acceptors (Lipinski definition) is 1. The van der Waals surface area contributed by atoms with E-state index in [1.165, 1.54) is 32.2 Å². The minimum Gasteiger partial charge on any atom is -0.303 e. The van der Waals surface area contributed by atoms with E-state index >= 15 is 0 Å². The van der Waals surface area contributed by atoms with Crippen LogP contribution in [-0.4, -0.2) is 24.5 Å². The molecule has 1 nitrogen and oxygen atoms in total. The Labute approximate surface area is 69.8 Å². The van der Waals surface area contributed by atoms with E-state index < -0.39 is 0 Å². The second-order valence-electron chi connectivity index (χ2n) is 4.60. The van der Waals surface area contributed by atoms with Crippen molar-refractivity contribution in [3.8, 4) is 0 Å². The molecule has 1 aliphatic carbocycles. The van der Waals surface area contributed by atoms with Crippen molar-refractivity contribution in [1.29, 1.82) is 0 Å². The SMILES string of the molecule is CC1CC2CCN(C)C(C1)C2. The van der Waals surface area contributed by atoms with Crippen molar-refractivity contribution in [2.45, 2.75) is 38.6 Å². The van der Waals surface area contributed by atoms with Crippen LogP contribution < -0.4 is 0 Å². The van der Waals surface area contributed by atoms with Crippen LogP contribution in [0.3, 0.4) is 0 Å². The van der Waals surface area contributed by atoms with Crippen molar-refractivity contribution in [1.82, 2.24) is 4.90 Å². The van der Waals surface area contributed by atoms with Crippen LogP contribution in [0.5, 0.6) is 0 Å². The molecule has 2 bridgehead atoms. The molecule has 2 rings (SSSR count). The molecular formula is C10H19N. The number of hydrogen-bond donors (Lipinski definition) is 0. The molecule has 64 valence electrons. The molecule has 1 saturated heterocycles. The fourth-order valence-corrected chi connectivity index (χ4v) is 2.87. The van der Waals surface area contributed by atoms with Gasteiger partial charge in [0.15, 0.2) is 0 Å². The van der Waals surface area contributed by atoms with Crippen molar-refractivity contribution in [3.05, 3.63) is 0 Å². The molecule has 0 radical (unpaired) electrons. The van der Waals surface area contributed by atoms with Gasteiger partial charge in [-0.25, -0.2) is 0 Å². The summed E-state index contributed by atoms with van der Waals surface area (Å²) in [5.41, 5.74) is 0. The zero-order valence-electron chi connectivity index (χ0n) is 7.71. The summed E-state index contributed by atoms with van der Waals surface area (Å²) in [6.45, 7) is 3.76. The zero-order valence-corrected chi connectivity index (χ0v) is 7.71. The smallest absolute Gasteiger partial charge is 0.00973 e. The van der Waals surface area contributed by atoms with Crippen LogP contribution in [0.2, 0.25) is 0 Å². The van der Waals surface area contributed by atoms with Gasteiger partial charge >= 0.3 is 0 Å². The van der Waals surface area contributed by atoms with Gasteiger partial charge in [-0.3, -0.25) is 0 Å². The van der Waals surface area contributed by atoms with E-state index in [1.54, 1.807) is 0 Å². The minimum absolute atomic E-state index is 0.928. The second kappa shape index (κ2) is 2.78. The number of likely N-dealkylation sites (tertiary alicyclic amines) is 1. The highest BCUT2D eigenvalue weighted by Gasteiger charge is 2.32. The molecular weight excluding hydrogens is 134 g/mol. The van der Waals surface area contributed by atoms with E-state index in [0.717, 1.165) is 17.9 Å². The van der Waals surface area contributed by atoms with E-state index in [0.29, 0.717) is 0 Å². The Morgan fingerprint density at radius 2 is 2.00 bits per heavy atom. The van der Waals surface area contributed by atoms with Gasteiger partial charge < -0.3 is 4.90 Å². The van der Waals surface area contributed by atoms with Gasteiger partial charge in [-0.15, -0.1) is 0 Å². The van der Waals surface area contributed by atoms with Gasteiger partial charge in [-0.1, -0.05) is 6.92 Å². The Bertz CT molecular complexity index is 142. The lowest BCUT2D eigenvalue weighted by molar-refractivity contribution is 0.0712. The number of rotatable bonds is 0. The first-order valence-electron chi connectivity index (χ1n) is 4.96. The summed E-state index contributed by atoms with van der Waals surface area (Å²) < 4.78 is 0. The average molecular weight is 153 g/mol. The van der Waals surface area contributed by atoms with Crippen molar-refractivity contribution < 1.29 is 0 Å². The summed E-state index contributed by atoms with van der Waals surface area (Å²) in [7, 11) is 2.29.